The molecule has 3 aromatic rings. The summed E-state index contributed by atoms with van der Waals surface area (Å²) in [5, 5.41) is 4.05. The van der Waals surface area contributed by atoms with E-state index < -0.39 is 17.8 Å². The molecule has 1 aliphatic rings. The van der Waals surface area contributed by atoms with Crippen molar-refractivity contribution in [1.82, 2.24) is 24.5 Å². The van der Waals surface area contributed by atoms with Gasteiger partial charge in [0.1, 0.15) is 6.61 Å². The molecule has 0 bridgehead atoms. The number of carbonyl (C=O) groups excluding carboxylic acids is 3. The molecule has 0 saturated heterocycles. The fraction of sp³-hybridized carbons (Fsp3) is 0.176. The van der Waals surface area contributed by atoms with Gasteiger partial charge in [-0.3, -0.25) is 14.5 Å². The number of rotatable bonds is 4. The monoisotopic (exact) mass is 351 g/mol. The third kappa shape index (κ3) is 2.50. The maximum atomic E-state index is 12.2. The van der Waals surface area contributed by atoms with Gasteiger partial charge in [-0.15, -0.1) is 5.10 Å². The number of carbonyl (C=O) groups is 3. The molecular formula is C17H13N5O4. The Bertz CT molecular complexity index is 1020. The molecule has 0 aliphatic carbocycles. The molecule has 0 unspecified atom stereocenters. The number of aromatic nitrogens is 4. The highest BCUT2D eigenvalue weighted by Gasteiger charge is 2.34. The summed E-state index contributed by atoms with van der Waals surface area (Å²) in [6, 6.07) is 8.31. The highest BCUT2D eigenvalue weighted by atomic mass is 16.5. The van der Waals surface area contributed by atoms with E-state index in [1.165, 1.54) is 4.52 Å². The third-order valence-corrected chi connectivity index (χ3v) is 4.04. The fourth-order valence-electron chi connectivity index (χ4n) is 2.73. The average molecular weight is 351 g/mol. The number of benzene rings is 1. The van der Waals surface area contributed by atoms with Crippen LogP contribution in [0.25, 0.3) is 5.78 Å². The van der Waals surface area contributed by atoms with Crippen LogP contribution in [0.5, 0.6) is 0 Å². The minimum absolute atomic E-state index is 0.0390. The van der Waals surface area contributed by atoms with Crippen LogP contribution in [0.15, 0.2) is 36.5 Å². The molecule has 0 radical (unpaired) electrons. The molecule has 0 N–H and O–H groups in total. The van der Waals surface area contributed by atoms with Gasteiger partial charge in [0.05, 0.1) is 17.7 Å². The Morgan fingerprint density at radius 3 is 2.46 bits per heavy atom. The zero-order valence-electron chi connectivity index (χ0n) is 13.7. The van der Waals surface area contributed by atoms with Gasteiger partial charge in [-0.05, 0) is 25.1 Å². The molecular weight excluding hydrogens is 338 g/mol. The number of fused-ring (bicyclic) bond motifs is 2. The summed E-state index contributed by atoms with van der Waals surface area (Å²) < 4.78 is 6.54. The van der Waals surface area contributed by atoms with E-state index in [9.17, 15) is 14.4 Å². The van der Waals surface area contributed by atoms with Crippen LogP contribution in [-0.2, 0) is 4.74 Å². The van der Waals surface area contributed by atoms with Gasteiger partial charge >= 0.3 is 5.97 Å². The fourth-order valence-corrected chi connectivity index (χ4v) is 2.73. The van der Waals surface area contributed by atoms with Crippen LogP contribution in [0.2, 0.25) is 0 Å². The lowest BCUT2D eigenvalue weighted by Gasteiger charge is -2.13. The molecule has 0 spiro atoms. The number of hydrogen-bond acceptors (Lipinski definition) is 7. The van der Waals surface area contributed by atoms with Crippen molar-refractivity contribution < 1.29 is 19.1 Å². The van der Waals surface area contributed by atoms with E-state index in [0.717, 1.165) is 10.6 Å². The Morgan fingerprint density at radius 1 is 1.12 bits per heavy atom. The summed E-state index contributed by atoms with van der Waals surface area (Å²) in [6.45, 7) is 1.62. The maximum absolute atomic E-state index is 12.2. The van der Waals surface area contributed by atoms with E-state index in [-0.39, 0.29) is 24.8 Å². The lowest BCUT2D eigenvalue weighted by molar-refractivity contribution is 0.0410. The normalized spacial score (nSPS) is 13.3. The summed E-state index contributed by atoms with van der Waals surface area (Å²) in [6.07, 6.45) is 1.57. The molecule has 2 amide bonds. The summed E-state index contributed by atoms with van der Waals surface area (Å²) in [5.74, 6) is -1.38. The Balaban J connectivity index is 1.42. The first kappa shape index (κ1) is 15.9. The lowest BCUT2D eigenvalue weighted by Crippen LogP contribution is -2.33. The number of esters is 1. The van der Waals surface area contributed by atoms with Gasteiger partial charge in [0.2, 0.25) is 0 Å². The van der Waals surface area contributed by atoms with Crippen molar-refractivity contribution in [3.05, 3.63) is 59.2 Å². The van der Waals surface area contributed by atoms with Crippen molar-refractivity contribution in [3.8, 4) is 0 Å². The largest absolute Gasteiger partial charge is 0.458 e. The highest BCUT2D eigenvalue weighted by Crippen LogP contribution is 2.21. The quantitative estimate of drug-likeness (QED) is 0.507. The standard InChI is InChI=1S/C17H13N5O4/c1-10-6-7-18-17-19-13(20-22(10)17)16(25)26-9-8-21-14(23)11-4-2-3-5-12(11)15(21)24/h2-7H,8-9H2,1H3. The van der Waals surface area contributed by atoms with E-state index in [0.29, 0.717) is 11.1 Å². The van der Waals surface area contributed by atoms with Gasteiger partial charge in [-0.1, -0.05) is 12.1 Å². The van der Waals surface area contributed by atoms with Crippen LogP contribution in [-0.4, -0.2) is 55.4 Å². The first-order valence-corrected chi connectivity index (χ1v) is 7.87. The molecule has 130 valence electrons. The Labute approximate surface area is 147 Å². The van der Waals surface area contributed by atoms with Crippen LogP contribution >= 0.6 is 0 Å². The lowest BCUT2D eigenvalue weighted by atomic mass is 10.1. The van der Waals surface area contributed by atoms with Crippen LogP contribution < -0.4 is 0 Å². The molecule has 0 fully saturated rings. The van der Waals surface area contributed by atoms with E-state index >= 15 is 0 Å². The van der Waals surface area contributed by atoms with Crippen molar-refractivity contribution in [2.45, 2.75) is 6.92 Å². The van der Waals surface area contributed by atoms with Gasteiger partial charge < -0.3 is 4.74 Å². The average Bonchev–Trinajstić information content (AvgIpc) is 3.18. The molecule has 4 rings (SSSR count). The Kier molecular flexibility index (Phi) is 3.68. The van der Waals surface area contributed by atoms with Crippen molar-refractivity contribution in [2.24, 2.45) is 0 Å². The Morgan fingerprint density at radius 2 is 1.81 bits per heavy atom. The van der Waals surface area contributed by atoms with Crippen molar-refractivity contribution in [3.63, 3.8) is 0 Å². The highest BCUT2D eigenvalue weighted by molar-refractivity contribution is 6.21. The summed E-state index contributed by atoms with van der Waals surface area (Å²) in [5.41, 5.74) is 1.48. The van der Waals surface area contributed by atoms with Crippen LogP contribution in [0, 0.1) is 6.92 Å². The predicted octanol–water partition coefficient (Wildman–Crippen LogP) is 0.886. The van der Waals surface area contributed by atoms with Gasteiger partial charge in [-0.25, -0.2) is 14.3 Å². The summed E-state index contributed by atoms with van der Waals surface area (Å²) in [7, 11) is 0. The maximum Gasteiger partial charge on any atom is 0.378 e. The second-order valence-electron chi connectivity index (χ2n) is 5.68. The third-order valence-electron chi connectivity index (χ3n) is 4.04. The van der Waals surface area contributed by atoms with Gasteiger partial charge in [0.25, 0.3) is 23.4 Å². The molecule has 1 aromatic carbocycles. The van der Waals surface area contributed by atoms with E-state index in [4.69, 9.17) is 4.74 Å². The number of ether oxygens (including phenoxy) is 1. The molecule has 0 atom stereocenters. The number of aryl methyl sites for hydroxylation is 1. The SMILES string of the molecule is Cc1ccnc2nc(C(=O)OCCN3C(=O)c4ccccc4C3=O)nn12. The van der Waals surface area contributed by atoms with Crippen molar-refractivity contribution in [2.75, 3.05) is 13.2 Å². The van der Waals surface area contributed by atoms with Gasteiger partial charge in [-0.2, -0.15) is 4.98 Å². The molecule has 9 heteroatoms. The van der Waals surface area contributed by atoms with Crippen molar-refractivity contribution >= 4 is 23.6 Å². The van der Waals surface area contributed by atoms with Gasteiger partial charge in [0.15, 0.2) is 0 Å². The van der Waals surface area contributed by atoms with E-state index in [2.05, 4.69) is 15.1 Å². The zero-order chi connectivity index (χ0) is 18.3. The van der Waals surface area contributed by atoms with E-state index in [1.807, 2.05) is 0 Å². The molecule has 2 aromatic heterocycles. The molecule has 9 nitrogen and oxygen atoms in total. The summed E-state index contributed by atoms with van der Waals surface area (Å²) >= 11 is 0. The molecule has 3 heterocycles. The molecule has 26 heavy (non-hydrogen) atoms. The number of amides is 2. The van der Waals surface area contributed by atoms with Crippen molar-refractivity contribution in [1.29, 1.82) is 0 Å². The zero-order valence-corrected chi connectivity index (χ0v) is 13.7. The van der Waals surface area contributed by atoms with Crippen LogP contribution in [0.3, 0.4) is 0 Å². The van der Waals surface area contributed by atoms with Crippen LogP contribution in [0.4, 0.5) is 0 Å². The molecule has 0 saturated carbocycles. The summed E-state index contributed by atoms with van der Waals surface area (Å²) in [4.78, 5) is 45.7. The Hall–Kier alpha value is -3.62. The topological polar surface area (TPSA) is 107 Å². The van der Waals surface area contributed by atoms with E-state index in [1.54, 1.807) is 43.5 Å². The number of nitrogens with zero attached hydrogens (tertiary/aromatic N) is 5. The van der Waals surface area contributed by atoms with Gasteiger partial charge in [0, 0.05) is 11.9 Å². The number of hydrogen-bond donors (Lipinski definition) is 0. The number of imide groups is 1. The second kappa shape index (κ2) is 6.03. The first-order chi connectivity index (χ1) is 12.6. The minimum Gasteiger partial charge on any atom is -0.458 e. The van der Waals surface area contributed by atoms with Crippen LogP contribution in [0.1, 0.15) is 37.0 Å². The predicted molar refractivity (Wildman–Crippen MR) is 87.6 cm³/mol. The first-order valence-electron chi connectivity index (χ1n) is 7.87. The molecule has 1 aliphatic heterocycles. The minimum atomic E-state index is -0.744. The smallest absolute Gasteiger partial charge is 0.378 e. The second-order valence-corrected chi connectivity index (χ2v) is 5.68.